The maximum Gasteiger partial charge on any atom is 0.338 e. The Morgan fingerprint density at radius 1 is 1.19 bits per heavy atom. The van der Waals surface area contributed by atoms with Crippen molar-refractivity contribution in [3.05, 3.63) is 46.1 Å². The lowest BCUT2D eigenvalue weighted by Crippen LogP contribution is -2.51. The Morgan fingerprint density at radius 3 is 2.58 bits per heavy atom. The number of hydrogen-bond acceptors (Lipinski definition) is 5. The monoisotopic (exact) mass is 380 g/mol. The highest BCUT2D eigenvalue weighted by atomic mass is 35.5. The van der Waals surface area contributed by atoms with Gasteiger partial charge in [0.25, 0.3) is 0 Å². The van der Waals surface area contributed by atoms with Crippen molar-refractivity contribution in [2.24, 2.45) is 0 Å². The predicted molar refractivity (Wildman–Crippen MR) is 95.5 cm³/mol. The summed E-state index contributed by atoms with van der Waals surface area (Å²) < 4.78 is 10.3. The fourth-order valence-electron chi connectivity index (χ4n) is 2.58. The normalized spacial score (nSPS) is 16.6. The number of carbonyl (C=O) groups excluding carboxylic acids is 3. The zero-order chi connectivity index (χ0) is 19.1. The van der Waals surface area contributed by atoms with Crippen LogP contribution in [-0.4, -0.2) is 37.2 Å². The van der Waals surface area contributed by atoms with E-state index in [2.05, 4.69) is 10.6 Å². The molecule has 1 aliphatic rings. The van der Waals surface area contributed by atoms with E-state index in [1.807, 2.05) is 6.92 Å². The van der Waals surface area contributed by atoms with Gasteiger partial charge in [-0.1, -0.05) is 36.7 Å². The molecule has 8 heteroatoms. The first-order chi connectivity index (χ1) is 12.5. The number of esters is 2. The van der Waals surface area contributed by atoms with Crippen molar-refractivity contribution in [2.45, 2.75) is 32.7 Å². The maximum atomic E-state index is 12.2. The molecule has 140 valence electrons. The van der Waals surface area contributed by atoms with Gasteiger partial charge in [0.2, 0.25) is 0 Å². The number of amides is 2. The molecule has 26 heavy (non-hydrogen) atoms. The maximum absolute atomic E-state index is 12.2. The van der Waals surface area contributed by atoms with Crippen LogP contribution in [0.5, 0.6) is 0 Å². The minimum absolute atomic E-state index is 0.00883. The molecule has 0 saturated carbocycles. The fourth-order valence-corrected chi connectivity index (χ4v) is 2.78. The first kappa shape index (κ1) is 19.8. The van der Waals surface area contributed by atoms with Gasteiger partial charge in [0.1, 0.15) is 6.61 Å². The highest BCUT2D eigenvalue weighted by Crippen LogP contribution is 2.19. The average Bonchev–Trinajstić information content (AvgIpc) is 2.61. The Balaban J connectivity index is 2.12. The summed E-state index contributed by atoms with van der Waals surface area (Å²) in [6.07, 6.45) is 0.490. The molecular weight excluding hydrogens is 360 g/mol. The largest absolute Gasteiger partial charge is 0.463 e. The third-order valence-electron chi connectivity index (χ3n) is 3.82. The Labute approximate surface area is 156 Å². The molecule has 2 amide bonds. The van der Waals surface area contributed by atoms with Crippen molar-refractivity contribution in [2.75, 3.05) is 13.2 Å². The highest BCUT2D eigenvalue weighted by Gasteiger charge is 2.32. The van der Waals surface area contributed by atoms with Crippen molar-refractivity contribution in [1.82, 2.24) is 10.6 Å². The molecule has 0 unspecified atom stereocenters. The molecule has 0 spiro atoms. The van der Waals surface area contributed by atoms with Gasteiger partial charge in [0.15, 0.2) is 0 Å². The summed E-state index contributed by atoms with van der Waals surface area (Å²) in [5.74, 6) is -1.07. The average molecular weight is 381 g/mol. The van der Waals surface area contributed by atoms with Gasteiger partial charge in [0.05, 0.1) is 30.3 Å². The van der Waals surface area contributed by atoms with E-state index in [1.165, 1.54) is 0 Å². The van der Waals surface area contributed by atoms with Crippen LogP contribution in [0.2, 0.25) is 5.02 Å². The van der Waals surface area contributed by atoms with E-state index in [4.69, 9.17) is 21.1 Å². The Hall–Kier alpha value is -2.54. The SMILES string of the molecule is CCOC(=O)C1=C(COC(=O)Cc2ccccc2Cl)NC(=O)N[C@H]1CC. The van der Waals surface area contributed by atoms with Crippen LogP contribution < -0.4 is 10.6 Å². The van der Waals surface area contributed by atoms with Crippen LogP contribution in [-0.2, 0) is 25.5 Å². The molecule has 1 aromatic rings. The molecule has 1 heterocycles. The third kappa shape index (κ3) is 4.98. The number of benzene rings is 1. The Morgan fingerprint density at radius 2 is 1.92 bits per heavy atom. The molecule has 7 nitrogen and oxygen atoms in total. The summed E-state index contributed by atoms with van der Waals surface area (Å²) in [5.41, 5.74) is 1.13. The Bertz CT molecular complexity index is 732. The zero-order valence-corrected chi connectivity index (χ0v) is 15.4. The quantitative estimate of drug-likeness (QED) is 0.708. The van der Waals surface area contributed by atoms with E-state index in [9.17, 15) is 14.4 Å². The topological polar surface area (TPSA) is 93.7 Å². The van der Waals surface area contributed by atoms with E-state index in [0.29, 0.717) is 17.0 Å². The van der Waals surface area contributed by atoms with E-state index in [1.54, 1.807) is 31.2 Å². The lowest BCUT2D eigenvalue weighted by atomic mass is 10.0. The lowest BCUT2D eigenvalue weighted by Gasteiger charge is -2.28. The number of carbonyl (C=O) groups is 3. The molecule has 1 aliphatic heterocycles. The number of hydrogen-bond donors (Lipinski definition) is 2. The number of halogens is 1. The van der Waals surface area contributed by atoms with Crippen LogP contribution >= 0.6 is 11.6 Å². The smallest absolute Gasteiger partial charge is 0.338 e. The standard InChI is InChI=1S/C18H21ClN2O5/c1-3-13-16(17(23)25-4-2)14(21-18(24)20-13)10-26-15(22)9-11-7-5-6-8-12(11)19/h5-8,13H,3-4,9-10H2,1-2H3,(H2,20,21,24)/t13-/m0/s1. The van der Waals surface area contributed by atoms with Crippen LogP contribution in [0.4, 0.5) is 4.79 Å². The van der Waals surface area contributed by atoms with E-state index >= 15 is 0 Å². The van der Waals surface area contributed by atoms with Crippen LogP contribution in [0.15, 0.2) is 35.5 Å². The number of nitrogens with one attached hydrogen (secondary N) is 2. The molecule has 0 bridgehead atoms. The summed E-state index contributed by atoms with van der Waals surface area (Å²) in [6, 6.07) is 6.00. The van der Waals surface area contributed by atoms with Gasteiger partial charge in [-0.05, 0) is 25.0 Å². The van der Waals surface area contributed by atoms with Gasteiger partial charge >= 0.3 is 18.0 Å². The molecule has 0 saturated heterocycles. The van der Waals surface area contributed by atoms with E-state index in [-0.39, 0.29) is 30.9 Å². The van der Waals surface area contributed by atoms with Gasteiger partial charge in [-0.3, -0.25) is 4.79 Å². The summed E-state index contributed by atoms with van der Waals surface area (Å²) in [5, 5.41) is 5.65. The van der Waals surface area contributed by atoms with E-state index in [0.717, 1.165) is 0 Å². The summed E-state index contributed by atoms with van der Waals surface area (Å²) in [4.78, 5) is 36.1. The van der Waals surface area contributed by atoms with Gasteiger partial charge in [0, 0.05) is 5.02 Å². The second-order valence-electron chi connectivity index (χ2n) is 5.60. The van der Waals surface area contributed by atoms with Crippen molar-refractivity contribution >= 4 is 29.6 Å². The molecule has 0 fully saturated rings. The number of rotatable bonds is 7. The molecule has 1 atom stereocenters. The zero-order valence-electron chi connectivity index (χ0n) is 14.6. The van der Waals surface area contributed by atoms with E-state index < -0.39 is 24.0 Å². The van der Waals surface area contributed by atoms with Crippen LogP contribution in [0, 0.1) is 0 Å². The molecule has 0 radical (unpaired) electrons. The van der Waals surface area contributed by atoms with Crippen molar-refractivity contribution < 1.29 is 23.9 Å². The van der Waals surface area contributed by atoms with Gasteiger partial charge in [-0.25, -0.2) is 9.59 Å². The summed E-state index contributed by atoms with van der Waals surface area (Å²) in [6.45, 7) is 3.49. The molecule has 2 rings (SSSR count). The van der Waals surface area contributed by atoms with Crippen LogP contribution in [0.25, 0.3) is 0 Å². The van der Waals surface area contributed by atoms with Crippen molar-refractivity contribution in [3.63, 3.8) is 0 Å². The molecule has 0 aromatic heterocycles. The highest BCUT2D eigenvalue weighted by molar-refractivity contribution is 6.31. The van der Waals surface area contributed by atoms with Crippen LogP contribution in [0.1, 0.15) is 25.8 Å². The van der Waals surface area contributed by atoms with Gasteiger partial charge in [-0.2, -0.15) is 0 Å². The van der Waals surface area contributed by atoms with Crippen LogP contribution in [0.3, 0.4) is 0 Å². The summed E-state index contributed by atoms with van der Waals surface area (Å²) in [7, 11) is 0. The van der Waals surface area contributed by atoms with Crippen molar-refractivity contribution in [1.29, 1.82) is 0 Å². The molecular formula is C18H21ClN2O5. The number of urea groups is 1. The summed E-state index contributed by atoms with van der Waals surface area (Å²) >= 11 is 6.03. The first-order valence-electron chi connectivity index (χ1n) is 8.32. The van der Waals surface area contributed by atoms with Gasteiger partial charge in [-0.15, -0.1) is 0 Å². The van der Waals surface area contributed by atoms with Gasteiger partial charge < -0.3 is 20.1 Å². The minimum Gasteiger partial charge on any atom is -0.463 e. The third-order valence-corrected chi connectivity index (χ3v) is 4.19. The predicted octanol–water partition coefficient (Wildman–Crippen LogP) is 2.33. The first-order valence-corrected chi connectivity index (χ1v) is 8.70. The number of ether oxygens (including phenoxy) is 2. The molecule has 1 aromatic carbocycles. The second-order valence-corrected chi connectivity index (χ2v) is 6.01. The lowest BCUT2D eigenvalue weighted by molar-refractivity contribution is -0.143. The minimum atomic E-state index is -0.552. The molecule has 2 N–H and O–H groups in total. The second kappa shape index (κ2) is 9.24. The van der Waals surface area contributed by atoms with Crippen molar-refractivity contribution in [3.8, 4) is 0 Å². The fraction of sp³-hybridized carbons (Fsp3) is 0.389. The molecule has 0 aliphatic carbocycles. The Kier molecular flexibility index (Phi) is 7.03.